The van der Waals surface area contributed by atoms with Crippen LogP contribution in [0.3, 0.4) is 0 Å². The molecule has 0 aliphatic heterocycles. The molecule has 0 saturated carbocycles. The van der Waals surface area contributed by atoms with Crippen molar-refractivity contribution in [2.24, 2.45) is 0 Å². The largest absolute Gasteiger partial charge is 0.397 e. The number of hydrogen-bond donors (Lipinski definition) is 1. The minimum Gasteiger partial charge on any atom is -0.397 e. The van der Waals surface area contributed by atoms with Gasteiger partial charge in [-0.3, -0.25) is 4.79 Å². The molecular weight excluding hydrogens is 340 g/mol. The predicted molar refractivity (Wildman–Crippen MR) is 85.8 cm³/mol. The Morgan fingerprint density at radius 3 is 2.70 bits per heavy atom. The van der Waals surface area contributed by atoms with Crippen LogP contribution in [0.5, 0.6) is 0 Å². The van der Waals surface area contributed by atoms with E-state index in [1.807, 2.05) is 24.3 Å². The molecule has 0 radical (unpaired) electrons. The van der Waals surface area contributed by atoms with E-state index in [2.05, 4.69) is 15.9 Å². The molecule has 0 fully saturated rings. The lowest BCUT2D eigenvalue weighted by Crippen LogP contribution is -2.27. The average molecular weight is 354 g/mol. The molecule has 2 aromatic carbocycles. The van der Waals surface area contributed by atoms with E-state index in [0.29, 0.717) is 22.8 Å². The fourth-order valence-corrected chi connectivity index (χ4v) is 2.53. The van der Waals surface area contributed by atoms with E-state index in [0.717, 1.165) is 10.0 Å². The summed E-state index contributed by atoms with van der Waals surface area (Å²) >= 11 is 9.36. The highest BCUT2D eigenvalue weighted by Gasteiger charge is 2.16. The van der Waals surface area contributed by atoms with Crippen LogP contribution in [0.2, 0.25) is 5.02 Å². The number of para-hydroxylation sites is 1. The summed E-state index contributed by atoms with van der Waals surface area (Å²) < 4.78 is 0.984. The van der Waals surface area contributed by atoms with Crippen molar-refractivity contribution in [3.63, 3.8) is 0 Å². The highest BCUT2D eigenvalue weighted by atomic mass is 79.9. The maximum atomic E-state index is 12.4. The van der Waals surface area contributed by atoms with Crippen LogP contribution in [0.15, 0.2) is 46.9 Å². The van der Waals surface area contributed by atoms with Crippen molar-refractivity contribution in [1.29, 1.82) is 0 Å². The van der Waals surface area contributed by atoms with Gasteiger partial charge < -0.3 is 10.6 Å². The van der Waals surface area contributed by atoms with E-state index in [9.17, 15) is 4.79 Å². The predicted octanol–water partition coefficient (Wildman–Crippen LogP) is 3.96. The molecule has 0 atom stereocenters. The van der Waals surface area contributed by atoms with Gasteiger partial charge in [0.25, 0.3) is 5.91 Å². The van der Waals surface area contributed by atoms with Gasteiger partial charge in [0.2, 0.25) is 0 Å². The molecule has 3 nitrogen and oxygen atoms in total. The van der Waals surface area contributed by atoms with Gasteiger partial charge in [-0.05, 0) is 29.8 Å². The van der Waals surface area contributed by atoms with Crippen molar-refractivity contribution >= 4 is 39.1 Å². The second kappa shape index (κ2) is 6.29. The number of nitrogens with zero attached hydrogens (tertiary/aromatic N) is 1. The summed E-state index contributed by atoms with van der Waals surface area (Å²) in [5.74, 6) is -0.148. The van der Waals surface area contributed by atoms with Crippen LogP contribution in [0.4, 0.5) is 5.69 Å². The van der Waals surface area contributed by atoms with Gasteiger partial charge in [-0.25, -0.2) is 0 Å². The van der Waals surface area contributed by atoms with Gasteiger partial charge in [0.1, 0.15) is 0 Å². The summed E-state index contributed by atoms with van der Waals surface area (Å²) in [5.41, 5.74) is 7.64. The SMILES string of the molecule is CN(Cc1cccc(Br)c1)C(=O)c1cccc(Cl)c1N. The Bertz CT molecular complexity index is 646. The van der Waals surface area contributed by atoms with Crippen molar-refractivity contribution in [2.45, 2.75) is 6.54 Å². The first kappa shape index (κ1) is 14.9. The topological polar surface area (TPSA) is 46.3 Å². The van der Waals surface area contributed by atoms with E-state index in [1.165, 1.54) is 0 Å². The Morgan fingerprint density at radius 2 is 2.00 bits per heavy atom. The summed E-state index contributed by atoms with van der Waals surface area (Å²) in [7, 11) is 1.74. The second-order valence-corrected chi connectivity index (χ2v) is 5.82. The van der Waals surface area contributed by atoms with Crippen LogP contribution < -0.4 is 5.73 Å². The van der Waals surface area contributed by atoms with Crippen molar-refractivity contribution in [2.75, 3.05) is 12.8 Å². The maximum absolute atomic E-state index is 12.4. The fraction of sp³-hybridized carbons (Fsp3) is 0.133. The standard InChI is InChI=1S/C15H14BrClN2O/c1-19(9-10-4-2-5-11(16)8-10)15(20)12-6-3-7-13(17)14(12)18/h2-8H,9,18H2,1H3. The average Bonchev–Trinajstić information content (AvgIpc) is 2.41. The summed E-state index contributed by atoms with van der Waals surface area (Å²) in [6.07, 6.45) is 0. The molecule has 0 aromatic heterocycles. The van der Waals surface area contributed by atoms with Gasteiger partial charge in [-0.2, -0.15) is 0 Å². The number of nitrogen functional groups attached to an aromatic ring is 1. The third-order valence-electron chi connectivity index (χ3n) is 2.94. The Labute approximate surface area is 131 Å². The van der Waals surface area contributed by atoms with Gasteiger partial charge in [0.05, 0.1) is 16.3 Å². The molecule has 5 heteroatoms. The summed E-state index contributed by atoms with van der Waals surface area (Å²) in [6, 6.07) is 12.9. The van der Waals surface area contributed by atoms with Crippen LogP contribution in [0.25, 0.3) is 0 Å². The minimum absolute atomic E-state index is 0.148. The molecule has 2 aromatic rings. The number of anilines is 1. The van der Waals surface area contributed by atoms with Crippen LogP contribution in [-0.2, 0) is 6.54 Å². The molecule has 2 N–H and O–H groups in total. The number of carbonyl (C=O) groups is 1. The molecule has 1 amide bonds. The van der Waals surface area contributed by atoms with Crippen molar-refractivity contribution in [3.05, 3.63) is 63.1 Å². The highest BCUT2D eigenvalue weighted by molar-refractivity contribution is 9.10. The molecule has 2 rings (SSSR count). The molecule has 104 valence electrons. The summed E-state index contributed by atoms with van der Waals surface area (Å²) in [6.45, 7) is 0.504. The fourth-order valence-electron chi connectivity index (χ4n) is 1.91. The van der Waals surface area contributed by atoms with Crippen LogP contribution in [0, 0.1) is 0 Å². The Kier molecular flexibility index (Phi) is 4.68. The van der Waals surface area contributed by atoms with E-state index in [4.69, 9.17) is 17.3 Å². The number of amides is 1. The number of carbonyl (C=O) groups excluding carboxylic acids is 1. The van der Waals surface area contributed by atoms with Crippen molar-refractivity contribution in [1.82, 2.24) is 4.90 Å². The number of nitrogens with two attached hydrogens (primary N) is 1. The number of benzene rings is 2. The zero-order valence-electron chi connectivity index (χ0n) is 10.9. The molecule has 0 saturated heterocycles. The molecule has 20 heavy (non-hydrogen) atoms. The molecule has 0 aliphatic carbocycles. The number of hydrogen-bond acceptors (Lipinski definition) is 2. The Morgan fingerprint density at radius 1 is 1.30 bits per heavy atom. The van der Waals surface area contributed by atoms with Crippen LogP contribution >= 0.6 is 27.5 Å². The van der Waals surface area contributed by atoms with Crippen LogP contribution in [-0.4, -0.2) is 17.9 Å². The van der Waals surface area contributed by atoms with Gasteiger partial charge in [-0.1, -0.05) is 45.7 Å². The smallest absolute Gasteiger partial charge is 0.256 e. The van der Waals surface area contributed by atoms with Crippen molar-refractivity contribution in [3.8, 4) is 0 Å². The molecule has 0 spiro atoms. The van der Waals surface area contributed by atoms with Gasteiger partial charge >= 0.3 is 0 Å². The lowest BCUT2D eigenvalue weighted by molar-refractivity contribution is 0.0786. The Balaban J connectivity index is 2.19. The molecule has 0 aliphatic rings. The third-order valence-corrected chi connectivity index (χ3v) is 3.76. The molecule has 0 bridgehead atoms. The zero-order chi connectivity index (χ0) is 14.7. The summed E-state index contributed by atoms with van der Waals surface area (Å²) in [4.78, 5) is 14.0. The van der Waals surface area contributed by atoms with Gasteiger partial charge in [0.15, 0.2) is 0 Å². The number of rotatable bonds is 3. The van der Waals surface area contributed by atoms with Crippen molar-refractivity contribution < 1.29 is 4.79 Å². The van der Waals surface area contributed by atoms with Gasteiger partial charge in [0, 0.05) is 18.1 Å². The highest BCUT2D eigenvalue weighted by Crippen LogP contribution is 2.24. The van der Waals surface area contributed by atoms with Crippen LogP contribution in [0.1, 0.15) is 15.9 Å². The zero-order valence-corrected chi connectivity index (χ0v) is 13.3. The first-order valence-electron chi connectivity index (χ1n) is 6.03. The lowest BCUT2D eigenvalue weighted by atomic mass is 10.1. The normalized spacial score (nSPS) is 10.3. The first-order valence-corrected chi connectivity index (χ1v) is 7.20. The first-order chi connectivity index (χ1) is 9.49. The van der Waals surface area contributed by atoms with E-state index in [1.54, 1.807) is 30.1 Å². The Hall–Kier alpha value is -1.52. The minimum atomic E-state index is -0.148. The van der Waals surface area contributed by atoms with Gasteiger partial charge in [-0.15, -0.1) is 0 Å². The monoisotopic (exact) mass is 352 g/mol. The van der Waals surface area contributed by atoms with E-state index < -0.39 is 0 Å². The molecular formula is C15H14BrClN2O. The third kappa shape index (κ3) is 3.32. The lowest BCUT2D eigenvalue weighted by Gasteiger charge is -2.18. The quantitative estimate of drug-likeness (QED) is 0.849. The van der Waals surface area contributed by atoms with E-state index >= 15 is 0 Å². The van der Waals surface area contributed by atoms with E-state index in [-0.39, 0.29) is 5.91 Å². The maximum Gasteiger partial charge on any atom is 0.256 e. The molecule has 0 unspecified atom stereocenters. The second-order valence-electron chi connectivity index (χ2n) is 4.49. The molecule has 0 heterocycles. The number of halogens is 2. The summed E-state index contributed by atoms with van der Waals surface area (Å²) in [5, 5.41) is 0.395.